The second kappa shape index (κ2) is 11.7. The van der Waals surface area contributed by atoms with Gasteiger partial charge in [-0.1, -0.05) is 31.9 Å². The zero-order valence-electron chi connectivity index (χ0n) is 19.6. The van der Waals surface area contributed by atoms with Gasteiger partial charge in [-0.15, -0.1) is 0 Å². The van der Waals surface area contributed by atoms with E-state index in [1.807, 2.05) is 0 Å². The van der Waals surface area contributed by atoms with Crippen molar-refractivity contribution >= 4 is 17.9 Å². The molecule has 0 spiro atoms. The predicted octanol–water partition coefficient (Wildman–Crippen LogP) is 3.65. The molecule has 8 heteroatoms. The van der Waals surface area contributed by atoms with Crippen LogP contribution in [0.3, 0.4) is 0 Å². The third-order valence-electron chi connectivity index (χ3n) is 5.33. The van der Waals surface area contributed by atoms with Crippen molar-refractivity contribution in [3.63, 3.8) is 0 Å². The van der Waals surface area contributed by atoms with Crippen LogP contribution in [-0.2, 0) is 14.3 Å². The van der Waals surface area contributed by atoms with Crippen LogP contribution in [-0.4, -0.2) is 52.6 Å². The highest BCUT2D eigenvalue weighted by molar-refractivity contribution is 5.90. The van der Waals surface area contributed by atoms with Crippen molar-refractivity contribution in [1.82, 2.24) is 15.5 Å². The molecule has 1 aliphatic rings. The molecule has 8 nitrogen and oxygen atoms in total. The van der Waals surface area contributed by atoms with Gasteiger partial charge in [0.15, 0.2) is 0 Å². The van der Waals surface area contributed by atoms with E-state index in [0.717, 1.165) is 38.5 Å². The van der Waals surface area contributed by atoms with Crippen LogP contribution in [0, 0.1) is 0 Å². The molecule has 1 atom stereocenters. The van der Waals surface area contributed by atoms with Crippen molar-refractivity contribution in [2.75, 3.05) is 13.1 Å². The Hall–Kier alpha value is -2.77. The van der Waals surface area contributed by atoms with Gasteiger partial charge in [0.05, 0.1) is 0 Å². The van der Waals surface area contributed by atoms with Crippen molar-refractivity contribution in [3.8, 4) is 5.75 Å². The van der Waals surface area contributed by atoms with Gasteiger partial charge in [0.2, 0.25) is 11.8 Å². The fraction of sp³-hybridized carbons (Fsp3) is 0.625. The molecule has 2 rings (SSSR count). The van der Waals surface area contributed by atoms with E-state index < -0.39 is 17.7 Å². The Morgan fingerprint density at radius 1 is 1.19 bits per heavy atom. The van der Waals surface area contributed by atoms with E-state index >= 15 is 0 Å². The molecule has 0 heterocycles. The molecular weight excluding hydrogens is 410 g/mol. The smallest absolute Gasteiger partial charge is 0.408 e. The summed E-state index contributed by atoms with van der Waals surface area (Å²) in [6.45, 7) is 7.57. The highest BCUT2D eigenvalue weighted by Crippen LogP contribution is 2.34. The number of hydrogen-bond acceptors (Lipinski definition) is 5. The normalized spacial score (nSPS) is 14.8. The number of nitrogens with one attached hydrogen (secondary N) is 2. The van der Waals surface area contributed by atoms with E-state index in [9.17, 15) is 19.5 Å². The Labute approximate surface area is 190 Å². The summed E-state index contributed by atoms with van der Waals surface area (Å²) < 4.78 is 5.22. The summed E-state index contributed by atoms with van der Waals surface area (Å²) in [5.74, 6) is -0.624. The van der Waals surface area contributed by atoms with E-state index in [-0.39, 0.29) is 30.2 Å². The van der Waals surface area contributed by atoms with Crippen molar-refractivity contribution in [2.24, 2.45) is 0 Å². The van der Waals surface area contributed by atoms with Gasteiger partial charge in [0.25, 0.3) is 0 Å². The molecule has 0 radical (unpaired) electrons. The lowest BCUT2D eigenvalue weighted by molar-refractivity contribution is -0.145. The van der Waals surface area contributed by atoms with Crippen molar-refractivity contribution in [3.05, 3.63) is 29.8 Å². The molecule has 1 fully saturated rings. The molecule has 0 bridgehead atoms. The number of hydrogen-bond donors (Lipinski definition) is 3. The SMILES string of the molecule is CCCCCNC(=O)C(c1cccc(O)c1)N(C(=O)CNC(=O)OC(C)(C)C)C1CCC1. The molecule has 1 saturated carbocycles. The van der Waals surface area contributed by atoms with Crippen molar-refractivity contribution in [1.29, 1.82) is 0 Å². The van der Waals surface area contributed by atoms with Crippen LogP contribution in [0.4, 0.5) is 4.79 Å². The molecule has 1 aliphatic carbocycles. The van der Waals surface area contributed by atoms with Crippen LogP contribution in [0.1, 0.15) is 77.8 Å². The molecule has 178 valence electrons. The number of rotatable bonds is 10. The standard InChI is InChI=1S/C24H37N3O5/c1-5-6-7-14-25-22(30)21(17-10-8-13-19(28)15-17)27(18-11-9-12-18)20(29)16-26-23(31)32-24(2,3)4/h8,10,13,15,18,21,28H,5-7,9,11-12,14,16H2,1-4H3,(H,25,30)(H,26,31). The zero-order valence-corrected chi connectivity index (χ0v) is 19.6. The van der Waals surface area contributed by atoms with Gasteiger partial charge in [0.1, 0.15) is 23.9 Å². The first kappa shape index (κ1) is 25.5. The van der Waals surface area contributed by atoms with Crippen LogP contribution in [0.5, 0.6) is 5.75 Å². The van der Waals surface area contributed by atoms with Crippen LogP contribution in [0.15, 0.2) is 24.3 Å². The highest BCUT2D eigenvalue weighted by Gasteiger charge is 2.38. The molecule has 0 aromatic heterocycles. The van der Waals surface area contributed by atoms with Gasteiger partial charge in [-0.25, -0.2) is 4.79 Å². The topological polar surface area (TPSA) is 108 Å². The van der Waals surface area contributed by atoms with Gasteiger partial charge >= 0.3 is 6.09 Å². The number of ether oxygens (including phenoxy) is 1. The molecule has 3 N–H and O–H groups in total. The molecule has 1 unspecified atom stereocenters. The average molecular weight is 448 g/mol. The van der Waals surface area contributed by atoms with Crippen molar-refractivity contribution in [2.45, 2.75) is 83.9 Å². The van der Waals surface area contributed by atoms with Crippen LogP contribution >= 0.6 is 0 Å². The Morgan fingerprint density at radius 2 is 1.91 bits per heavy atom. The van der Waals surface area contributed by atoms with E-state index in [2.05, 4.69) is 17.6 Å². The number of amides is 3. The highest BCUT2D eigenvalue weighted by atomic mass is 16.6. The first-order chi connectivity index (χ1) is 15.1. The molecule has 3 amide bonds. The second-order valence-electron chi connectivity index (χ2n) is 9.24. The molecule has 0 saturated heterocycles. The number of nitrogens with zero attached hydrogens (tertiary/aromatic N) is 1. The molecule has 1 aromatic rings. The van der Waals surface area contributed by atoms with Crippen LogP contribution < -0.4 is 10.6 Å². The fourth-order valence-electron chi connectivity index (χ4n) is 3.59. The van der Waals surface area contributed by atoms with Crippen molar-refractivity contribution < 1.29 is 24.2 Å². The lowest BCUT2D eigenvalue weighted by Gasteiger charge is -2.42. The van der Waals surface area contributed by atoms with E-state index in [1.54, 1.807) is 37.8 Å². The maximum Gasteiger partial charge on any atom is 0.408 e. The summed E-state index contributed by atoms with van der Waals surface area (Å²) in [6, 6.07) is 5.44. The van der Waals surface area contributed by atoms with Gasteiger partial charge in [0, 0.05) is 12.6 Å². The minimum absolute atomic E-state index is 0.0270. The third-order valence-corrected chi connectivity index (χ3v) is 5.33. The largest absolute Gasteiger partial charge is 0.508 e. The average Bonchev–Trinajstić information content (AvgIpc) is 2.66. The van der Waals surface area contributed by atoms with Gasteiger partial charge < -0.3 is 25.4 Å². The summed E-state index contributed by atoms with van der Waals surface area (Å²) in [4.78, 5) is 40.1. The lowest BCUT2D eigenvalue weighted by atomic mass is 9.88. The first-order valence-corrected chi connectivity index (χ1v) is 11.5. The summed E-state index contributed by atoms with van der Waals surface area (Å²) in [5, 5.41) is 15.4. The summed E-state index contributed by atoms with van der Waals surface area (Å²) in [5.41, 5.74) is -0.140. The van der Waals surface area contributed by atoms with Crippen LogP contribution in [0.2, 0.25) is 0 Å². The Balaban J connectivity index is 2.23. The van der Waals surface area contributed by atoms with E-state index in [0.29, 0.717) is 12.1 Å². The number of unbranched alkanes of at least 4 members (excludes halogenated alkanes) is 2. The minimum atomic E-state index is -0.887. The number of carbonyl (C=O) groups is 3. The van der Waals surface area contributed by atoms with Gasteiger partial charge in [-0.2, -0.15) is 0 Å². The second-order valence-corrected chi connectivity index (χ2v) is 9.24. The number of benzene rings is 1. The number of aromatic hydroxyl groups is 1. The number of carbonyl (C=O) groups excluding carboxylic acids is 3. The Bertz CT molecular complexity index is 786. The minimum Gasteiger partial charge on any atom is -0.508 e. The Kier molecular flexibility index (Phi) is 9.35. The first-order valence-electron chi connectivity index (χ1n) is 11.5. The molecule has 32 heavy (non-hydrogen) atoms. The molecular formula is C24H37N3O5. The van der Waals surface area contributed by atoms with Gasteiger partial charge in [-0.05, 0) is 64.2 Å². The maximum absolute atomic E-state index is 13.2. The number of phenolic OH excluding ortho intramolecular Hbond substituents is 1. The Morgan fingerprint density at radius 3 is 2.47 bits per heavy atom. The quantitative estimate of drug-likeness (QED) is 0.475. The maximum atomic E-state index is 13.2. The molecule has 0 aliphatic heterocycles. The monoisotopic (exact) mass is 447 g/mol. The predicted molar refractivity (Wildman–Crippen MR) is 122 cm³/mol. The molecule has 1 aromatic carbocycles. The van der Waals surface area contributed by atoms with Gasteiger partial charge in [-0.3, -0.25) is 9.59 Å². The summed E-state index contributed by atoms with van der Waals surface area (Å²) >= 11 is 0. The number of phenols is 1. The van der Waals surface area contributed by atoms with E-state index in [1.165, 1.54) is 12.1 Å². The lowest BCUT2D eigenvalue weighted by Crippen LogP contribution is -2.53. The fourth-order valence-corrected chi connectivity index (χ4v) is 3.59. The third kappa shape index (κ3) is 7.73. The summed E-state index contributed by atoms with van der Waals surface area (Å²) in [6.07, 6.45) is 4.76. The van der Waals surface area contributed by atoms with Crippen LogP contribution in [0.25, 0.3) is 0 Å². The van der Waals surface area contributed by atoms with E-state index in [4.69, 9.17) is 4.74 Å². The summed E-state index contributed by atoms with van der Waals surface area (Å²) in [7, 11) is 0. The number of alkyl carbamates (subject to hydrolysis) is 1. The zero-order chi connectivity index (χ0) is 23.7.